The molecule has 2 aromatic carbocycles. The lowest BCUT2D eigenvalue weighted by Gasteiger charge is -2.20. The highest BCUT2D eigenvalue weighted by molar-refractivity contribution is 6.51. The van der Waals surface area contributed by atoms with E-state index in [2.05, 4.69) is 20.4 Å². The van der Waals surface area contributed by atoms with Crippen molar-refractivity contribution in [3.8, 4) is 11.5 Å². The van der Waals surface area contributed by atoms with Crippen molar-refractivity contribution in [3.63, 3.8) is 0 Å². The molecule has 2 aliphatic heterocycles. The first kappa shape index (κ1) is 27.2. The topological polar surface area (TPSA) is 154 Å². The molecule has 38 heavy (non-hydrogen) atoms. The van der Waals surface area contributed by atoms with Gasteiger partial charge in [0.1, 0.15) is 0 Å². The SMILES string of the molecule is Cc1cc2nc3c(=O)[nH]c(=O)nc-3n(CCB(CCCC(=O)NOCc3ccccc3)OCN)c2cc1C. The minimum atomic E-state index is -0.725. The number of benzene rings is 2. The van der Waals surface area contributed by atoms with Crippen LogP contribution in [0.2, 0.25) is 12.6 Å². The highest BCUT2D eigenvalue weighted by Crippen LogP contribution is 2.24. The minimum absolute atomic E-state index is 0.0283. The van der Waals surface area contributed by atoms with Crippen molar-refractivity contribution in [2.75, 3.05) is 6.73 Å². The van der Waals surface area contributed by atoms with E-state index in [1.165, 1.54) is 0 Å². The summed E-state index contributed by atoms with van der Waals surface area (Å²) < 4.78 is 7.57. The van der Waals surface area contributed by atoms with Crippen molar-refractivity contribution in [2.24, 2.45) is 5.73 Å². The molecular formula is C26H31BN6O5. The number of aromatic amines is 1. The van der Waals surface area contributed by atoms with E-state index < -0.39 is 11.2 Å². The summed E-state index contributed by atoms with van der Waals surface area (Å²) in [6.07, 6.45) is 1.94. The van der Waals surface area contributed by atoms with Crippen LogP contribution < -0.4 is 22.5 Å². The number of nitrogens with zero attached hydrogens (tertiary/aromatic N) is 3. The Morgan fingerprint density at radius 2 is 1.87 bits per heavy atom. The molecule has 198 valence electrons. The average molecular weight is 518 g/mol. The molecule has 0 radical (unpaired) electrons. The minimum Gasteiger partial charge on any atom is -0.424 e. The van der Waals surface area contributed by atoms with Crippen molar-refractivity contribution in [2.45, 2.75) is 52.5 Å². The van der Waals surface area contributed by atoms with Gasteiger partial charge in [0.05, 0.1) is 24.4 Å². The van der Waals surface area contributed by atoms with Crippen LogP contribution in [0, 0.1) is 13.8 Å². The van der Waals surface area contributed by atoms with Gasteiger partial charge in [-0.3, -0.25) is 19.4 Å². The maximum Gasteiger partial charge on any atom is 0.349 e. The van der Waals surface area contributed by atoms with Crippen LogP contribution in [-0.2, 0) is 27.4 Å². The Balaban J connectivity index is 1.42. The normalized spacial score (nSPS) is 11.2. The molecular weight excluding hydrogens is 487 g/mol. The Kier molecular flexibility index (Phi) is 9.00. The van der Waals surface area contributed by atoms with Gasteiger partial charge in [-0.15, -0.1) is 0 Å². The van der Waals surface area contributed by atoms with E-state index in [1.807, 2.05) is 60.9 Å². The maximum atomic E-state index is 12.5. The van der Waals surface area contributed by atoms with E-state index in [-0.39, 0.29) is 44.1 Å². The summed E-state index contributed by atoms with van der Waals surface area (Å²) in [5.41, 5.74) is 11.4. The van der Waals surface area contributed by atoms with E-state index in [9.17, 15) is 14.4 Å². The quantitative estimate of drug-likeness (QED) is 0.112. The number of carbonyl (C=O) groups excluding carboxylic acids is 1. The number of rotatable bonds is 12. The van der Waals surface area contributed by atoms with Crippen LogP contribution in [0.15, 0.2) is 52.1 Å². The van der Waals surface area contributed by atoms with Crippen molar-refractivity contribution in [1.82, 2.24) is 25.0 Å². The fourth-order valence-corrected chi connectivity index (χ4v) is 4.31. The Morgan fingerprint density at radius 1 is 1.11 bits per heavy atom. The number of nitrogens with one attached hydrogen (secondary N) is 2. The molecule has 12 heteroatoms. The smallest absolute Gasteiger partial charge is 0.349 e. The second kappa shape index (κ2) is 12.6. The second-order valence-electron chi connectivity index (χ2n) is 9.17. The first-order valence-electron chi connectivity index (χ1n) is 12.5. The van der Waals surface area contributed by atoms with Crippen LogP contribution in [0.5, 0.6) is 0 Å². The molecule has 4 N–H and O–H groups in total. The lowest BCUT2D eigenvalue weighted by molar-refractivity contribution is -0.134. The molecule has 2 aliphatic rings. The summed E-state index contributed by atoms with van der Waals surface area (Å²) in [6.45, 7) is 4.44. The molecule has 0 spiro atoms. The number of carbonyl (C=O) groups is 1. The van der Waals surface area contributed by atoms with Crippen LogP contribution in [0.1, 0.15) is 29.5 Å². The number of H-pyrrole nitrogens is 1. The number of aryl methyl sites for hydroxylation is 3. The van der Waals surface area contributed by atoms with Crippen molar-refractivity contribution in [1.29, 1.82) is 0 Å². The lowest BCUT2D eigenvalue weighted by atomic mass is 9.60. The summed E-state index contributed by atoms with van der Waals surface area (Å²) in [5.74, 6) is 0.00103. The van der Waals surface area contributed by atoms with Gasteiger partial charge in [-0.2, -0.15) is 4.98 Å². The molecule has 0 unspecified atom stereocenters. The number of hydrogen-bond acceptors (Lipinski definition) is 8. The van der Waals surface area contributed by atoms with Gasteiger partial charge < -0.3 is 15.0 Å². The van der Waals surface area contributed by atoms with Crippen LogP contribution in [0.25, 0.3) is 22.6 Å². The summed E-state index contributed by atoms with van der Waals surface area (Å²) in [7, 11) is 0. The second-order valence-corrected chi connectivity index (χ2v) is 9.17. The molecule has 2 heterocycles. The largest absolute Gasteiger partial charge is 0.424 e. The standard InChI is InChI=1S/C26H31BN6O5/c1-17-13-20-21(14-18(17)2)33(24-23(29-20)25(35)31-26(36)30-24)12-11-27(37-16-28)10-6-9-22(34)32-38-15-19-7-4-3-5-8-19/h3-5,7-8,13-14H,6,9-12,15-16,28H2,1-2H3,(H,32,34)(H,31,35,36). The van der Waals surface area contributed by atoms with Crippen molar-refractivity contribution < 1.29 is 14.3 Å². The Hall–Kier alpha value is -3.87. The predicted molar refractivity (Wildman–Crippen MR) is 145 cm³/mol. The molecule has 1 amide bonds. The monoisotopic (exact) mass is 518 g/mol. The summed E-state index contributed by atoms with van der Waals surface area (Å²) in [5, 5.41) is 0. The van der Waals surface area contributed by atoms with E-state index in [0.29, 0.717) is 31.1 Å². The van der Waals surface area contributed by atoms with E-state index >= 15 is 0 Å². The number of fused-ring (bicyclic) bond motifs is 2. The van der Waals surface area contributed by atoms with E-state index in [4.69, 9.17) is 15.2 Å². The molecule has 0 saturated carbocycles. The molecule has 0 saturated heterocycles. The third kappa shape index (κ3) is 6.71. The van der Waals surface area contributed by atoms with Crippen LogP contribution in [-0.4, -0.2) is 39.1 Å². The van der Waals surface area contributed by atoms with Gasteiger partial charge in [-0.1, -0.05) is 30.3 Å². The fraction of sp³-hybridized carbons (Fsp3) is 0.346. The summed E-state index contributed by atoms with van der Waals surface area (Å²) >= 11 is 0. The molecule has 11 nitrogen and oxygen atoms in total. The highest BCUT2D eigenvalue weighted by Gasteiger charge is 2.22. The van der Waals surface area contributed by atoms with Gasteiger partial charge in [-0.25, -0.2) is 15.3 Å². The zero-order valence-corrected chi connectivity index (χ0v) is 21.5. The lowest BCUT2D eigenvalue weighted by Crippen LogP contribution is -2.30. The fourth-order valence-electron chi connectivity index (χ4n) is 4.31. The maximum absolute atomic E-state index is 12.5. The van der Waals surface area contributed by atoms with Crippen molar-refractivity contribution in [3.05, 3.63) is 80.0 Å². The van der Waals surface area contributed by atoms with Gasteiger partial charge in [0.15, 0.2) is 11.5 Å². The van der Waals surface area contributed by atoms with Gasteiger partial charge in [-0.05, 0) is 61.7 Å². The number of hydroxylamine groups is 1. The molecule has 0 aromatic heterocycles. The van der Waals surface area contributed by atoms with Gasteiger partial charge in [0.25, 0.3) is 12.5 Å². The summed E-state index contributed by atoms with van der Waals surface area (Å²) in [4.78, 5) is 52.7. The molecule has 0 bridgehead atoms. The zero-order valence-electron chi connectivity index (χ0n) is 21.5. The Bertz CT molecular complexity index is 1490. The Morgan fingerprint density at radius 3 is 2.63 bits per heavy atom. The first-order chi connectivity index (χ1) is 18.4. The Labute approximate surface area is 219 Å². The predicted octanol–water partition coefficient (Wildman–Crippen LogP) is 2.15. The highest BCUT2D eigenvalue weighted by atomic mass is 16.6. The summed E-state index contributed by atoms with van der Waals surface area (Å²) in [6, 6.07) is 13.5. The van der Waals surface area contributed by atoms with Gasteiger partial charge in [0.2, 0.25) is 5.91 Å². The van der Waals surface area contributed by atoms with Crippen molar-refractivity contribution >= 4 is 23.9 Å². The third-order valence-electron chi connectivity index (χ3n) is 6.43. The number of hydrogen-bond donors (Lipinski definition) is 3. The number of aromatic nitrogens is 4. The van der Waals surface area contributed by atoms with Crippen LogP contribution in [0.4, 0.5) is 0 Å². The molecule has 2 aromatic rings. The third-order valence-corrected chi connectivity index (χ3v) is 6.43. The van der Waals surface area contributed by atoms with Crippen LogP contribution >= 0.6 is 0 Å². The zero-order chi connectivity index (χ0) is 27.1. The molecule has 0 atom stereocenters. The van der Waals surface area contributed by atoms with E-state index in [0.717, 1.165) is 22.2 Å². The van der Waals surface area contributed by atoms with Gasteiger partial charge >= 0.3 is 5.69 Å². The molecule has 4 rings (SSSR count). The number of nitrogens with two attached hydrogens (primary N) is 1. The first-order valence-corrected chi connectivity index (χ1v) is 12.5. The molecule has 0 fully saturated rings. The van der Waals surface area contributed by atoms with Crippen LogP contribution in [0.3, 0.4) is 0 Å². The average Bonchev–Trinajstić information content (AvgIpc) is 2.88. The number of amides is 1. The van der Waals surface area contributed by atoms with Gasteiger partial charge in [0, 0.05) is 13.0 Å². The molecule has 0 aliphatic carbocycles. The van der Waals surface area contributed by atoms with E-state index in [1.54, 1.807) is 0 Å².